The molecule has 0 atom stereocenters. The average molecular weight is 314 g/mol. The molecular formula is C15H18N6S. The second-order valence-corrected chi connectivity index (χ2v) is 6.77. The highest BCUT2D eigenvalue weighted by Gasteiger charge is 2.14. The molecule has 6 nitrogen and oxygen atoms in total. The molecule has 3 heterocycles. The number of fused-ring (bicyclic) bond motifs is 2. The highest BCUT2D eigenvalue weighted by molar-refractivity contribution is 7.11. The van der Waals surface area contributed by atoms with E-state index in [1.807, 2.05) is 30.4 Å². The van der Waals surface area contributed by atoms with Crippen LogP contribution >= 0.6 is 11.3 Å². The molecule has 0 saturated heterocycles. The van der Waals surface area contributed by atoms with Crippen molar-refractivity contribution in [2.24, 2.45) is 0 Å². The summed E-state index contributed by atoms with van der Waals surface area (Å²) in [6, 6.07) is 3.87. The van der Waals surface area contributed by atoms with Gasteiger partial charge in [-0.1, -0.05) is 0 Å². The lowest BCUT2D eigenvalue weighted by Gasteiger charge is -2.06. The second-order valence-electron chi connectivity index (χ2n) is 5.60. The van der Waals surface area contributed by atoms with Gasteiger partial charge in [-0.25, -0.2) is 4.98 Å². The molecule has 0 aliphatic heterocycles. The summed E-state index contributed by atoms with van der Waals surface area (Å²) >= 11 is 1.88. The number of nitrogens with zero attached hydrogens (tertiary/aromatic N) is 5. The van der Waals surface area contributed by atoms with Crippen LogP contribution in [0.3, 0.4) is 0 Å². The second kappa shape index (κ2) is 5.64. The Balaban J connectivity index is 1.41. The Morgan fingerprint density at radius 2 is 2.14 bits per heavy atom. The van der Waals surface area contributed by atoms with Gasteiger partial charge in [-0.05, 0) is 44.7 Å². The zero-order valence-electron chi connectivity index (χ0n) is 12.5. The van der Waals surface area contributed by atoms with Crippen molar-refractivity contribution < 1.29 is 0 Å². The molecule has 0 radical (unpaired) electrons. The van der Waals surface area contributed by atoms with Crippen LogP contribution in [-0.2, 0) is 19.3 Å². The fourth-order valence-corrected chi connectivity index (χ4v) is 3.96. The van der Waals surface area contributed by atoms with E-state index < -0.39 is 0 Å². The predicted molar refractivity (Wildman–Crippen MR) is 86.5 cm³/mol. The monoisotopic (exact) mass is 314 g/mol. The smallest absolute Gasteiger partial charge is 0.178 e. The minimum atomic E-state index is 0.774. The Labute approximate surface area is 132 Å². The molecule has 114 valence electrons. The first-order valence-electron chi connectivity index (χ1n) is 7.70. The van der Waals surface area contributed by atoms with E-state index in [-0.39, 0.29) is 0 Å². The molecule has 4 rings (SSSR count). The molecule has 3 aromatic heterocycles. The maximum atomic E-state index is 4.77. The Bertz CT molecular complexity index is 782. The van der Waals surface area contributed by atoms with E-state index in [1.165, 1.54) is 34.8 Å². The lowest BCUT2D eigenvalue weighted by atomic mass is 10.0. The average Bonchev–Trinajstić information content (AvgIpc) is 3.11. The van der Waals surface area contributed by atoms with Crippen LogP contribution in [0, 0.1) is 6.92 Å². The van der Waals surface area contributed by atoms with E-state index in [0.29, 0.717) is 0 Å². The van der Waals surface area contributed by atoms with Crippen LogP contribution in [0.25, 0.3) is 5.65 Å². The van der Waals surface area contributed by atoms with Gasteiger partial charge >= 0.3 is 0 Å². The van der Waals surface area contributed by atoms with E-state index >= 15 is 0 Å². The van der Waals surface area contributed by atoms with E-state index in [1.54, 1.807) is 4.52 Å². The number of rotatable bonds is 4. The van der Waals surface area contributed by atoms with Gasteiger partial charge in [0.25, 0.3) is 0 Å². The molecule has 1 aliphatic carbocycles. The van der Waals surface area contributed by atoms with Gasteiger partial charge in [-0.3, -0.25) is 0 Å². The molecule has 3 aromatic rings. The van der Waals surface area contributed by atoms with Gasteiger partial charge in [-0.15, -0.1) is 26.6 Å². The highest BCUT2D eigenvalue weighted by Crippen LogP contribution is 2.26. The number of nitrogens with one attached hydrogen (secondary N) is 1. The summed E-state index contributed by atoms with van der Waals surface area (Å²) in [5, 5.41) is 17.1. The normalized spacial score (nSPS) is 14.2. The third-order valence-electron chi connectivity index (χ3n) is 3.95. The number of thiazole rings is 1. The van der Waals surface area contributed by atoms with E-state index in [4.69, 9.17) is 4.98 Å². The Morgan fingerprint density at radius 3 is 3.05 bits per heavy atom. The molecule has 1 aliphatic rings. The maximum Gasteiger partial charge on any atom is 0.178 e. The third kappa shape index (κ3) is 2.56. The summed E-state index contributed by atoms with van der Waals surface area (Å²) in [4.78, 5) is 6.27. The van der Waals surface area contributed by atoms with Gasteiger partial charge in [0.15, 0.2) is 11.5 Å². The van der Waals surface area contributed by atoms with Crippen LogP contribution in [0.4, 0.5) is 5.82 Å². The quantitative estimate of drug-likeness (QED) is 0.801. The van der Waals surface area contributed by atoms with Gasteiger partial charge in [0.2, 0.25) is 0 Å². The first kappa shape index (κ1) is 13.6. The topological polar surface area (TPSA) is 68.0 Å². The van der Waals surface area contributed by atoms with Crippen LogP contribution in [0.2, 0.25) is 0 Å². The van der Waals surface area contributed by atoms with Crippen molar-refractivity contribution in [1.29, 1.82) is 0 Å². The standard InChI is InChI=1S/C15H18N6S/c1-10-18-19-14-7-6-13(20-21(10)14)16-9-8-15-17-11-4-2-3-5-12(11)22-15/h6-7H,2-5,8-9H2,1H3,(H,16,20). The summed E-state index contributed by atoms with van der Waals surface area (Å²) in [6.07, 6.45) is 5.92. The van der Waals surface area contributed by atoms with E-state index in [0.717, 1.165) is 36.7 Å². The number of anilines is 1. The van der Waals surface area contributed by atoms with Crippen molar-refractivity contribution in [1.82, 2.24) is 24.8 Å². The fraction of sp³-hybridized carbons (Fsp3) is 0.467. The Hall–Kier alpha value is -2.02. The zero-order valence-corrected chi connectivity index (χ0v) is 13.4. The lowest BCUT2D eigenvalue weighted by Crippen LogP contribution is -2.08. The van der Waals surface area contributed by atoms with Gasteiger partial charge in [0.1, 0.15) is 5.82 Å². The highest BCUT2D eigenvalue weighted by atomic mass is 32.1. The molecular weight excluding hydrogens is 296 g/mol. The summed E-state index contributed by atoms with van der Waals surface area (Å²) in [6.45, 7) is 2.74. The van der Waals surface area contributed by atoms with E-state index in [9.17, 15) is 0 Å². The van der Waals surface area contributed by atoms with Gasteiger partial charge in [0, 0.05) is 17.8 Å². The predicted octanol–water partition coefficient (Wildman–Crippen LogP) is 2.42. The van der Waals surface area contributed by atoms with Crippen molar-refractivity contribution in [2.45, 2.75) is 39.0 Å². The van der Waals surface area contributed by atoms with Gasteiger partial charge < -0.3 is 5.32 Å². The number of aryl methyl sites for hydroxylation is 3. The van der Waals surface area contributed by atoms with Crippen LogP contribution in [0.1, 0.15) is 34.2 Å². The first-order valence-corrected chi connectivity index (χ1v) is 8.51. The Kier molecular flexibility index (Phi) is 3.49. The molecule has 22 heavy (non-hydrogen) atoms. The minimum Gasteiger partial charge on any atom is -0.368 e. The zero-order chi connectivity index (χ0) is 14.9. The van der Waals surface area contributed by atoms with Crippen molar-refractivity contribution in [3.63, 3.8) is 0 Å². The van der Waals surface area contributed by atoms with Crippen LogP contribution in [0.15, 0.2) is 12.1 Å². The number of hydrogen-bond acceptors (Lipinski definition) is 6. The van der Waals surface area contributed by atoms with Crippen molar-refractivity contribution in [3.05, 3.63) is 33.5 Å². The lowest BCUT2D eigenvalue weighted by molar-refractivity contribution is 0.680. The van der Waals surface area contributed by atoms with Crippen LogP contribution < -0.4 is 5.32 Å². The third-order valence-corrected chi connectivity index (χ3v) is 5.17. The number of aromatic nitrogens is 5. The molecule has 0 aromatic carbocycles. The fourth-order valence-electron chi connectivity index (χ4n) is 2.80. The van der Waals surface area contributed by atoms with E-state index in [2.05, 4.69) is 20.6 Å². The van der Waals surface area contributed by atoms with Crippen molar-refractivity contribution in [2.75, 3.05) is 11.9 Å². The molecule has 0 saturated carbocycles. The summed E-state index contributed by atoms with van der Waals surface area (Å²) in [5.74, 6) is 1.64. The summed E-state index contributed by atoms with van der Waals surface area (Å²) < 4.78 is 1.75. The summed E-state index contributed by atoms with van der Waals surface area (Å²) in [5.41, 5.74) is 2.11. The summed E-state index contributed by atoms with van der Waals surface area (Å²) in [7, 11) is 0. The molecule has 0 unspecified atom stereocenters. The molecule has 1 N–H and O–H groups in total. The van der Waals surface area contributed by atoms with Gasteiger partial charge in [-0.2, -0.15) is 4.52 Å². The molecule has 0 bridgehead atoms. The van der Waals surface area contributed by atoms with Crippen molar-refractivity contribution in [3.8, 4) is 0 Å². The first-order chi connectivity index (χ1) is 10.8. The largest absolute Gasteiger partial charge is 0.368 e. The molecule has 7 heteroatoms. The molecule has 0 fully saturated rings. The van der Waals surface area contributed by atoms with Crippen molar-refractivity contribution >= 4 is 22.8 Å². The number of hydrogen-bond donors (Lipinski definition) is 1. The van der Waals surface area contributed by atoms with Crippen LogP contribution in [0.5, 0.6) is 0 Å². The van der Waals surface area contributed by atoms with Gasteiger partial charge in [0.05, 0.1) is 10.7 Å². The maximum absolute atomic E-state index is 4.77. The molecule has 0 spiro atoms. The Morgan fingerprint density at radius 1 is 1.23 bits per heavy atom. The van der Waals surface area contributed by atoms with Crippen LogP contribution in [-0.4, -0.2) is 31.3 Å². The SMILES string of the molecule is Cc1nnc2ccc(NCCc3nc4c(s3)CCCC4)nn12. The minimum absolute atomic E-state index is 0.774. The molecule has 0 amide bonds.